The fraction of sp³-hybridized carbons (Fsp3) is 0.625. The number of carbonyl (C=O) groups is 1. The van der Waals surface area contributed by atoms with Crippen LogP contribution in [0.1, 0.15) is 19.8 Å². The van der Waals surface area contributed by atoms with Crippen LogP contribution in [0.25, 0.3) is 0 Å². The van der Waals surface area contributed by atoms with E-state index in [1.807, 2.05) is 0 Å². The average molecular weight is 155 g/mol. The van der Waals surface area contributed by atoms with Gasteiger partial charge in [0.05, 0.1) is 6.61 Å². The fourth-order valence-electron chi connectivity index (χ4n) is 0.478. The lowest BCUT2D eigenvalue weighted by Gasteiger charge is -2.04. The minimum atomic E-state index is -0.541. The second-order valence-electron chi connectivity index (χ2n) is 2.26. The van der Waals surface area contributed by atoms with Gasteiger partial charge in [-0.2, -0.15) is 0 Å². The van der Waals surface area contributed by atoms with E-state index in [-0.39, 0.29) is 5.97 Å². The van der Waals surface area contributed by atoms with E-state index in [0.29, 0.717) is 19.4 Å². The summed E-state index contributed by atoms with van der Waals surface area (Å²) in [4.78, 5) is 10.7. The van der Waals surface area contributed by atoms with Crippen LogP contribution in [0, 0.1) is 12.3 Å². The average Bonchev–Trinajstić information content (AvgIpc) is 1.97. The van der Waals surface area contributed by atoms with Crippen molar-refractivity contribution in [2.24, 2.45) is 5.73 Å². The lowest BCUT2D eigenvalue weighted by atomic mass is 10.3. The molecule has 0 aromatic rings. The molecule has 62 valence electrons. The number of unbranched alkanes of at least 4 members (excludes halogenated alkanes) is 1. The van der Waals surface area contributed by atoms with E-state index >= 15 is 0 Å². The van der Waals surface area contributed by atoms with Crippen molar-refractivity contribution in [1.82, 2.24) is 0 Å². The molecule has 0 bridgehead atoms. The van der Waals surface area contributed by atoms with E-state index < -0.39 is 6.04 Å². The highest BCUT2D eigenvalue weighted by Crippen LogP contribution is 1.90. The van der Waals surface area contributed by atoms with Gasteiger partial charge in [0.2, 0.25) is 0 Å². The fourth-order valence-corrected chi connectivity index (χ4v) is 0.478. The zero-order valence-corrected chi connectivity index (χ0v) is 6.67. The van der Waals surface area contributed by atoms with Crippen LogP contribution < -0.4 is 5.73 Å². The summed E-state index contributed by atoms with van der Waals surface area (Å²) in [6, 6.07) is -0.541. The molecule has 11 heavy (non-hydrogen) atoms. The largest absolute Gasteiger partial charge is 0.465 e. The van der Waals surface area contributed by atoms with E-state index in [9.17, 15) is 4.79 Å². The van der Waals surface area contributed by atoms with E-state index in [0.717, 1.165) is 0 Å². The van der Waals surface area contributed by atoms with Crippen LogP contribution in [-0.2, 0) is 9.53 Å². The third-order valence-corrected chi connectivity index (χ3v) is 1.08. The number of hydrogen-bond donors (Lipinski definition) is 1. The first kappa shape index (κ1) is 9.99. The van der Waals surface area contributed by atoms with Crippen LogP contribution in [0.3, 0.4) is 0 Å². The summed E-state index contributed by atoms with van der Waals surface area (Å²) in [5, 5.41) is 0. The molecule has 0 aliphatic heterocycles. The standard InChI is InChI=1S/C8H13NO2/c1-3-4-5-6-11-8(10)7(2)9/h1,7H,4-6,9H2,2H3. The Kier molecular flexibility index (Phi) is 5.22. The summed E-state index contributed by atoms with van der Waals surface area (Å²) in [5.74, 6) is 2.07. The van der Waals surface area contributed by atoms with Gasteiger partial charge in [0.1, 0.15) is 6.04 Å². The van der Waals surface area contributed by atoms with Crippen LogP contribution in [0.4, 0.5) is 0 Å². The molecule has 0 aromatic heterocycles. The lowest BCUT2D eigenvalue weighted by molar-refractivity contribution is -0.144. The zero-order chi connectivity index (χ0) is 8.69. The third kappa shape index (κ3) is 5.43. The monoisotopic (exact) mass is 155 g/mol. The Balaban J connectivity index is 3.26. The molecule has 0 radical (unpaired) electrons. The molecule has 3 heteroatoms. The van der Waals surface area contributed by atoms with Gasteiger partial charge in [0.25, 0.3) is 0 Å². The van der Waals surface area contributed by atoms with E-state index in [4.69, 9.17) is 16.9 Å². The smallest absolute Gasteiger partial charge is 0.322 e. The van der Waals surface area contributed by atoms with Crippen molar-refractivity contribution in [2.75, 3.05) is 6.61 Å². The molecule has 0 aliphatic rings. The molecule has 0 aromatic carbocycles. The minimum Gasteiger partial charge on any atom is -0.465 e. The summed E-state index contributed by atoms with van der Waals surface area (Å²) < 4.78 is 4.75. The van der Waals surface area contributed by atoms with Crippen LogP contribution in [-0.4, -0.2) is 18.6 Å². The van der Waals surface area contributed by atoms with Crippen LogP contribution in [0.5, 0.6) is 0 Å². The van der Waals surface area contributed by atoms with E-state index in [2.05, 4.69) is 5.92 Å². The highest BCUT2D eigenvalue weighted by Gasteiger charge is 2.06. The van der Waals surface area contributed by atoms with Gasteiger partial charge in [-0.25, -0.2) is 0 Å². The first-order chi connectivity index (χ1) is 5.18. The molecule has 0 fully saturated rings. The van der Waals surface area contributed by atoms with Gasteiger partial charge in [-0.15, -0.1) is 12.3 Å². The topological polar surface area (TPSA) is 52.3 Å². The summed E-state index contributed by atoms with van der Waals surface area (Å²) in [6.45, 7) is 1.95. The molecule has 0 amide bonds. The van der Waals surface area contributed by atoms with Crippen molar-refractivity contribution in [2.45, 2.75) is 25.8 Å². The van der Waals surface area contributed by atoms with Gasteiger partial charge < -0.3 is 10.5 Å². The molecule has 0 rings (SSSR count). The number of hydrogen-bond acceptors (Lipinski definition) is 3. The maximum absolute atomic E-state index is 10.7. The molecular formula is C8H13NO2. The quantitative estimate of drug-likeness (QED) is 0.360. The second-order valence-corrected chi connectivity index (χ2v) is 2.26. The Bertz CT molecular complexity index is 158. The van der Waals surface area contributed by atoms with Gasteiger partial charge in [-0.05, 0) is 13.3 Å². The molecular weight excluding hydrogens is 142 g/mol. The van der Waals surface area contributed by atoms with Crippen molar-refractivity contribution in [3.63, 3.8) is 0 Å². The number of rotatable bonds is 4. The first-order valence-electron chi connectivity index (χ1n) is 3.54. The number of carbonyl (C=O) groups excluding carboxylic acids is 1. The number of ether oxygens (including phenoxy) is 1. The number of nitrogens with two attached hydrogens (primary N) is 1. The van der Waals surface area contributed by atoms with Crippen molar-refractivity contribution in [1.29, 1.82) is 0 Å². The van der Waals surface area contributed by atoms with Crippen molar-refractivity contribution in [3.05, 3.63) is 0 Å². The number of terminal acetylenes is 1. The first-order valence-corrected chi connectivity index (χ1v) is 3.54. The van der Waals surface area contributed by atoms with E-state index in [1.54, 1.807) is 6.92 Å². The van der Waals surface area contributed by atoms with Gasteiger partial charge in [-0.1, -0.05) is 0 Å². The third-order valence-electron chi connectivity index (χ3n) is 1.08. The van der Waals surface area contributed by atoms with E-state index in [1.165, 1.54) is 0 Å². The van der Waals surface area contributed by atoms with Crippen LogP contribution in [0.2, 0.25) is 0 Å². The molecule has 1 atom stereocenters. The Morgan fingerprint density at radius 3 is 2.91 bits per heavy atom. The summed E-state index contributed by atoms with van der Waals surface area (Å²) in [6.07, 6.45) is 6.32. The molecule has 0 spiro atoms. The summed E-state index contributed by atoms with van der Waals surface area (Å²) in [5.41, 5.74) is 5.24. The Hall–Kier alpha value is -1.01. The van der Waals surface area contributed by atoms with Gasteiger partial charge in [0, 0.05) is 6.42 Å². The molecule has 0 saturated carbocycles. The highest BCUT2D eigenvalue weighted by molar-refractivity contribution is 5.74. The predicted octanol–water partition coefficient (Wildman–Crippen LogP) is 0.290. The summed E-state index contributed by atoms with van der Waals surface area (Å²) in [7, 11) is 0. The van der Waals surface area contributed by atoms with Crippen molar-refractivity contribution in [3.8, 4) is 12.3 Å². The lowest BCUT2D eigenvalue weighted by Crippen LogP contribution is -2.28. The van der Waals surface area contributed by atoms with Crippen LogP contribution >= 0.6 is 0 Å². The van der Waals surface area contributed by atoms with Gasteiger partial charge >= 0.3 is 5.97 Å². The molecule has 0 aliphatic carbocycles. The highest BCUT2D eigenvalue weighted by atomic mass is 16.5. The summed E-state index contributed by atoms with van der Waals surface area (Å²) >= 11 is 0. The van der Waals surface area contributed by atoms with Crippen LogP contribution in [0.15, 0.2) is 0 Å². The SMILES string of the molecule is C#CCCCOC(=O)C(C)N. The number of esters is 1. The van der Waals surface area contributed by atoms with Crippen molar-refractivity contribution < 1.29 is 9.53 Å². The zero-order valence-electron chi connectivity index (χ0n) is 6.67. The molecule has 1 unspecified atom stereocenters. The van der Waals surface area contributed by atoms with Gasteiger partial charge in [0.15, 0.2) is 0 Å². The molecule has 0 heterocycles. The second kappa shape index (κ2) is 5.75. The Morgan fingerprint density at radius 2 is 2.45 bits per heavy atom. The predicted molar refractivity (Wildman–Crippen MR) is 42.7 cm³/mol. The van der Waals surface area contributed by atoms with Gasteiger partial charge in [-0.3, -0.25) is 4.79 Å². The Labute approximate surface area is 66.9 Å². The Morgan fingerprint density at radius 1 is 1.82 bits per heavy atom. The van der Waals surface area contributed by atoms with Crippen molar-refractivity contribution >= 4 is 5.97 Å². The maximum atomic E-state index is 10.7. The maximum Gasteiger partial charge on any atom is 0.322 e. The molecule has 2 N–H and O–H groups in total. The molecule has 3 nitrogen and oxygen atoms in total. The normalized spacial score (nSPS) is 11.7. The minimum absolute atomic E-state index is 0.366. The molecule has 0 saturated heterocycles.